The Labute approximate surface area is 149 Å². The van der Waals surface area contributed by atoms with Crippen LogP contribution in [-0.2, 0) is 20.9 Å². The van der Waals surface area contributed by atoms with Gasteiger partial charge in [-0.15, -0.1) is 0 Å². The van der Waals surface area contributed by atoms with Gasteiger partial charge in [-0.1, -0.05) is 12.1 Å². The quantitative estimate of drug-likeness (QED) is 0.835. The number of carbonyl (C=O) groups is 2. The van der Waals surface area contributed by atoms with E-state index in [2.05, 4.69) is 0 Å². The third-order valence-electron chi connectivity index (χ3n) is 3.84. The van der Waals surface area contributed by atoms with Gasteiger partial charge in [0.15, 0.2) is 5.78 Å². The van der Waals surface area contributed by atoms with Crippen LogP contribution in [0.4, 0.5) is 4.79 Å². The molecule has 25 heavy (non-hydrogen) atoms. The Hall–Kier alpha value is -2.08. The van der Waals surface area contributed by atoms with Crippen LogP contribution < -0.4 is 4.74 Å². The van der Waals surface area contributed by atoms with Crippen molar-refractivity contribution < 1.29 is 23.8 Å². The summed E-state index contributed by atoms with van der Waals surface area (Å²) < 4.78 is 16.4. The van der Waals surface area contributed by atoms with Gasteiger partial charge in [0, 0.05) is 13.0 Å². The topological polar surface area (TPSA) is 65.1 Å². The zero-order chi connectivity index (χ0) is 18.4. The van der Waals surface area contributed by atoms with E-state index in [1.165, 1.54) is 4.90 Å². The average molecular weight is 349 g/mol. The molecule has 0 radical (unpaired) electrons. The van der Waals surface area contributed by atoms with Crippen molar-refractivity contribution in [3.63, 3.8) is 0 Å². The number of benzene rings is 1. The van der Waals surface area contributed by atoms with E-state index in [1.807, 2.05) is 45.0 Å². The summed E-state index contributed by atoms with van der Waals surface area (Å²) in [5, 5.41) is 0. The molecule has 0 N–H and O–H groups in total. The van der Waals surface area contributed by atoms with Gasteiger partial charge >= 0.3 is 6.09 Å². The summed E-state index contributed by atoms with van der Waals surface area (Å²) in [7, 11) is 1.62. The number of methoxy groups -OCH3 is 1. The summed E-state index contributed by atoms with van der Waals surface area (Å²) in [6.07, 6.45) is 0.287. The number of hydrogen-bond acceptors (Lipinski definition) is 5. The van der Waals surface area contributed by atoms with Crippen LogP contribution in [0.5, 0.6) is 5.75 Å². The molecule has 1 amide bonds. The van der Waals surface area contributed by atoms with E-state index in [1.54, 1.807) is 7.11 Å². The molecule has 1 unspecified atom stereocenters. The molecule has 0 bridgehead atoms. The van der Waals surface area contributed by atoms with Gasteiger partial charge < -0.3 is 19.1 Å². The van der Waals surface area contributed by atoms with Crippen molar-refractivity contribution in [1.82, 2.24) is 4.90 Å². The number of hydrogen-bond donors (Lipinski definition) is 0. The second kappa shape index (κ2) is 8.34. The first-order valence-electron chi connectivity index (χ1n) is 8.51. The summed E-state index contributed by atoms with van der Waals surface area (Å²) in [5.74, 6) is 0.782. The first-order chi connectivity index (χ1) is 11.8. The van der Waals surface area contributed by atoms with E-state index in [0.29, 0.717) is 26.0 Å². The van der Waals surface area contributed by atoms with Gasteiger partial charge in [-0.05, 0) is 44.9 Å². The second-order valence-corrected chi connectivity index (χ2v) is 7.21. The number of rotatable bonds is 4. The molecule has 0 saturated carbocycles. The average Bonchev–Trinajstić information content (AvgIpc) is 2.73. The molecule has 1 aromatic carbocycles. The molecule has 0 spiro atoms. The number of nitrogens with zero attached hydrogens (tertiary/aromatic N) is 1. The Balaban J connectivity index is 1.87. The minimum atomic E-state index is -0.573. The molecule has 6 heteroatoms. The Morgan fingerprint density at radius 3 is 2.52 bits per heavy atom. The van der Waals surface area contributed by atoms with Crippen molar-refractivity contribution in [2.24, 2.45) is 0 Å². The number of amides is 1. The zero-order valence-corrected chi connectivity index (χ0v) is 15.4. The molecule has 1 aromatic rings. The number of ether oxygens (including phenoxy) is 3. The van der Waals surface area contributed by atoms with Gasteiger partial charge in [0.05, 0.1) is 26.4 Å². The molecule has 1 aliphatic rings. The fourth-order valence-corrected chi connectivity index (χ4v) is 2.57. The van der Waals surface area contributed by atoms with Crippen LogP contribution in [0.15, 0.2) is 24.3 Å². The normalized spacial score (nSPS) is 18.6. The van der Waals surface area contributed by atoms with E-state index in [4.69, 9.17) is 14.2 Å². The van der Waals surface area contributed by atoms with Gasteiger partial charge in [0.25, 0.3) is 0 Å². The Kier molecular flexibility index (Phi) is 6.42. The van der Waals surface area contributed by atoms with Crippen molar-refractivity contribution >= 4 is 11.9 Å². The zero-order valence-electron chi connectivity index (χ0n) is 15.4. The summed E-state index contributed by atoms with van der Waals surface area (Å²) in [4.78, 5) is 25.7. The molecule has 1 heterocycles. The monoisotopic (exact) mass is 349 g/mol. The molecule has 138 valence electrons. The fourth-order valence-electron chi connectivity index (χ4n) is 2.57. The predicted molar refractivity (Wildman–Crippen MR) is 93.6 cm³/mol. The number of carbonyl (C=O) groups excluding carboxylic acids is 2. The molecule has 1 saturated heterocycles. The first-order valence-corrected chi connectivity index (χ1v) is 8.51. The molecular formula is C19H27NO5. The smallest absolute Gasteiger partial charge is 0.410 e. The van der Waals surface area contributed by atoms with Crippen LogP contribution in [-0.4, -0.2) is 48.7 Å². The predicted octanol–water partition coefficient (Wildman–Crippen LogP) is 3.18. The lowest BCUT2D eigenvalue weighted by atomic mass is 10.1. The van der Waals surface area contributed by atoms with Gasteiger partial charge in [-0.2, -0.15) is 0 Å². The third-order valence-corrected chi connectivity index (χ3v) is 3.84. The van der Waals surface area contributed by atoms with E-state index in [0.717, 1.165) is 11.3 Å². The van der Waals surface area contributed by atoms with Gasteiger partial charge in [0.2, 0.25) is 0 Å². The van der Waals surface area contributed by atoms with E-state index >= 15 is 0 Å². The Morgan fingerprint density at radius 1 is 1.24 bits per heavy atom. The highest BCUT2D eigenvalue weighted by Crippen LogP contribution is 2.18. The molecule has 6 nitrogen and oxygen atoms in total. The lowest BCUT2D eigenvalue weighted by Crippen LogP contribution is -2.39. The second-order valence-electron chi connectivity index (χ2n) is 7.21. The van der Waals surface area contributed by atoms with Crippen molar-refractivity contribution in [3.8, 4) is 5.75 Å². The molecular weight excluding hydrogens is 322 g/mol. The summed E-state index contributed by atoms with van der Waals surface area (Å²) >= 11 is 0. The maximum Gasteiger partial charge on any atom is 0.410 e. The Bertz CT molecular complexity index is 591. The minimum absolute atomic E-state index is 0.0110. The van der Waals surface area contributed by atoms with Gasteiger partial charge in [-0.25, -0.2) is 4.79 Å². The maximum absolute atomic E-state index is 12.2. The number of likely N-dealkylation sites (tertiary alicyclic amines) is 1. The highest BCUT2D eigenvalue weighted by atomic mass is 16.6. The SMILES string of the molecule is COc1ccc(COC2CCN(C(=O)OC(C)(C)C)CC(=O)C2)cc1. The van der Waals surface area contributed by atoms with Crippen LogP contribution in [0.25, 0.3) is 0 Å². The summed E-state index contributed by atoms with van der Waals surface area (Å²) in [6, 6.07) is 7.62. The van der Waals surface area contributed by atoms with Crippen LogP contribution >= 0.6 is 0 Å². The lowest BCUT2D eigenvalue weighted by molar-refractivity contribution is -0.121. The summed E-state index contributed by atoms with van der Waals surface area (Å²) in [5.41, 5.74) is 0.443. The largest absolute Gasteiger partial charge is 0.497 e. The van der Waals surface area contributed by atoms with Crippen molar-refractivity contribution in [2.75, 3.05) is 20.2 Å². The molecule has 1 aliphatic heterocycles. The standard InChI is InChI=1S/C19H27NO5/c1-19(2,3)25-18(22)20-10-9-17(11-15(21)12-20)24-13-14-5-7-16(23-4)8-6-14/h5-8,17H,9-13H2,1-4H3. The van der Waals surface area contributed by atoms with Gasteiger partial charge in [-0.3, -0.25) is 4.79 Å². The summed E-state index contributed by atoms with van der Waals surface area (Å²) in [6.45, 7) is 6.39. The molecule has 0 aliphatic carbocycles. The first kappa shape index (κ1) is 19.2. The van der Waals surface area contributed by atoms with Crippen molar-refractivity contribution in [2.45, 2.75) is 51.9 Å². The molecule has 1 fully saturated rings. The molecule has 2 rings (SSSR count). The van der Waals surface area contributed by atoms with E-state index < -0.39 is 11.7 Å². The highest BCUT2D eigenvalue weighted by molar-refractivity contribution is 5.84. The minimum Gasteiger partial charge on any atom is -0.497 e. The van der Waals surface area contributed by atoms with Crippen LogP contribution in [0, 0.1) is 0 Å². The molecule has 0 aromatic heterocycles. The lowest BCUT2D eigenvalue weighted by Gasteiger charge is -2.26. The highest BCUT2D eigenvalue weighted by Gasteiger charge is 2.28. The van der Waals surface area contributed by atoms with Crippen LogP contribution in [0.3, 0.4) is 0 Å². The third kappa shape index (κ3) is 6.38. The number of ketones is 1. The van der Waals surface area contributed by atoms with Crippen LogP contribution in [0.1, 0.15) is 39.2 Å². The van der Waals surface area contributed by atoms with Crippen LogP contribution in [0.2, 0.25) is 0 Å². The van der Waals surface area contributed by atoms with Crippen molar-refractivity contribution in [3.05, 3.63) is 29.8 Å². The van der Waals surface area contributed by atoms with Gasteiger partial charge in [0.1, 0.15) is 11.4 Å². The fraction of sp³-hybridized carbons (Fsp3) is 0.579. The maximum atomic E-state index is 12.2. The molecule has 1 atom stereocenters. The van der Waals surface area contributed by atoms with E-state index in [9.17, 15) is 9.59 Å². The number of Topliss-reactive ketones (excluding diaryl/α,β-unsaturated/α-hetero) is 1. The van der Waals surface area contributed by atoms with Crippen molar-refractivity contribution in [1.29, 1.82) is 0 Å². The van der Waals surface area contributed by atoms with E-state index in [-0.39, 0.29) is 18.4 Å². The Morgan fingerprint density at radius 2 is 1.92 bits per heavy atom.